The summed E-state index contributed by atoms with van der Waals surface area (Å²) in [5.74, 6) is 2.08. The van der Waals surface area contributed by atoms with Crippen molar-refractivity contribution in [3.63, 3.8) is 0 Å². The van der Waals surface area contributed by atoms with E-state index in [0.29, 0.717) is 6.54 Å². The van der Waals surface area contributed by atoms with Crippen LogP contribution in [0.25, 0.3) is 0 Å². The molecular weight excluding hydrogens is 318 g/mol. The highest BCUT2D eigenvalue weighted by Crippen LogP contribution is 2.19. The van der Waals surface area contributed by atoms with Gasteiger partial charge in [-0.15, -0.1) is 0 Å². The van der Waals surface area contributed by atoms with E-state index in [4.69, 9.17) is 8.94 Å². The number of aryl methyl sites for hydroxylation is 2. The SMILES string of the molecule is Cc1noc(C)c1CCCNC(=O)[C@@H]1CCCN(Cc2ccco2)C1. The molecule has 1 aliphatic heterocycles. The lowest BCUT2D eigenvalue weighted by Crippen LogP contribution is -2.42. The first-order chi connectivity index (χ1) is 12.1. The second kappa shape index (κ2) is 8.34. The minimum atomic E-state index is 0.0720. The summed E-state index contributed by atoms with van der Waals surface area (Å²) < 4.78 is 10.6. The van der Waals surface area contributed by atoms with Crippen LogP contribution in [0.5, 0.6) is 0 Å². The number of aromatic nitrogens is 1. The van der Waals surface area contributed by atoms with E-state index in [9.17, 15) is 4.79 Å². The van der Waals surface area contributed by atoms with Crippen LogP contribution < -0.4 is 5.32 Å². The van der Waals surface area contributed by atoms with Crippen molar-refractivity contribution >= 4 is 5.91 Å². The van der Waals surface area contributed by atoms with Crippen molar-refractivity contribution in [1.29, 1.82) is 0 Å². The molecule has 0 spiro atoms. The maximum atomic E-state index is 12.4. The van der Waals surface area contributed by atoms with Gasteiger partial charge in [0.05, 0.1) is 24.4 Å². The van der Waals surface area contributed by atoms with Gasteiger partial charge in [0, 0.05) is 18.7 Å². The molecule has 0 aliphatic carbocycles. The highest BCUT2D eigenvalue weighted by molar-refractivity contribution is 5.78. The van der Waals surface area contributed by atoms with Crippen LogP contribution in [-0.2, 0) is 17.8 Å². The maximum absolute atomic E-state index is 12.4. The topological polar surface area (TPSA) is 71.5 Å². The summed E-state index contributed by atoms with van der Waals surface area (Å²) in [7, 11) is 0. The van der Waals surface area contributed by atoms with Crippen LogP contribution in [0.15, 0.2) is 27.3 Å². The minimum absolute atomic E-state index is 0.0720. The number of nitrogens with zero attached hydrogens (tertiary/aromatic N) is 2. The minimum Gasteiger partial charge on any atom is -0.468 e. The van der Waals surface area contributed by atoms with Crippen LogP contribution in [0.3, 0.4) is 0 Å². The monoisotopic (exact) mass is 345 g/mol. The molecule has 1 aliphatic rings. The van der Waals surface area contributed by atoms with E-state index in [1.165, 1.54) is 0 Å². The van der Waals surface area contributed by atoms with Crippen LogP contribution in [0, 0.1) is 19.8 Å². The molecule has 25 heavy (non-hydrogen) atoms. The molecule has 1 fully saturated rings. The molecule has 3 heterocycles. The molecule has 2 aromatic heterocycles. The lowest BCUT2D eigenvalue weighted by Gasteiger charge is -2.31. The number of carbonyl (C=O) groups excluding carboxylic acids is 1. The molecule has 6 nitrogen and oxygen atoms in total. The number of likely N-dealkylation sites (tertiary alicyclic amines) is 1. The largest absolute Gasteiger partial charge is 0.468 e. The molecule has 2 aromatic rings. The number of amides is 1. The summed E-state index contributed by atoms with van der Waals surface area (Å²) >= 11 is 0. The normalized spacial score (nSPS) is 18.4. The van der Waals surface area contributed by atoms with Gasteiger partial charge in [0.1, 0.15) is 11.5 Å². The Kier molecular flexibility index (Phi) is 5.91. The Morgan fingerprint density at radius 2 is 2.32 bits per heavy atom. The van der Waals surface area contributed by atoms with E-state index < -0.39 is 0 Å². The molecule has 1 saturated heterocycles. The van der Waals surface area contributed by atoms with E-state index in [2.05, 4.69) is 15.4 Å². The number of nitrogens with one attached hydrogen (secondary N) is 1. The van der Waals surface area contributed by atoms with E-state index in [0.717, 1.165) is 68.1 Å². The first kappa shape index (κ1) is 17.7. The summed E-state index contributed by atoms with van der Waals surface area (Å²) in [5, 5.41) is 7.06. The van der Waals surface area contributed by atoms with E-state index in [1.807, 2.05) is 26.0 Å². The van der Waals surface area contributed by atoms with E-state index in [1.54, 1.807) is 6.26 Å². The zero-order valence-corrected chi connectivity index (χ0v) is 15.1. The quantitative estimate of drug-likeness (QED) is 0.781. The molecule has 0 radical (unpaired) electrons. The molecule has 0 aromatic carbocycles. The number of piperidine rings is 1. The van der Waals surface area contributed by atoms with Crippen molar-refractivity contribution in [2.75, 3.05) is 19.6 Å². The van der Waals surface area contributed by atoms with E-state index in [-0.39, 0.29) is 11.8 Å². The third-order valence-electron chi connectivity index (χ3n) is 4.92. The highest BCUT2D eigenvalue weighted by atomic mass is 16.5. The molecule has 0 unspecified atom stereocenters. The Balaban J connectivity index is 1.40. The van der Waals surface area contributed by atoms with E-state index >= 15 is 0 Å². The molecule has 1 amide bonds. The van der Waals surface area contributed by atoms with Gasteiger partial charge < -0.3 is 14.3 Å². The standard InChI is InChI=1S/C19H27N3O3/c1-14-18(15(2)25-21-14)8-3-9-20-19(23)16-6-4-10-22(12-16)13-17-7-5-11-24-17/h5,7,11,16H,3-4,6,8-10,12-13H2,1-2H3,(H,20,23)/t16-/m1/s1. The summed E-state index contributed by atoms with van der Waals surface area (Å²) in [6.07, 6.45) is 5.50. The van der Waals surface area contributed by atoms with Gasteiger partial charge in [-0.3, -0.25) is 9.69 Å². The number of carbonyl (C=O) groups is 1. The van der Waals surface area contributed by atoms with Gasteiger partial charge in [-0.1, -0.05) is 5.16 Å². The van der Waals surface area contributed by atoms with Crippen molar-refractivity contribution in [1.82, 2.24) is 15.4 Å². The zero-order chi connectivity index (χ0) is 17.6. The Morgan fingerprint density at radius 3 is 3.04 bits per heavy atom. The third kappa shape index (κ3) is 4.72. The van der Waals surface area contributed by atoms with Crippen molar-refractivity contribution in [3.8, 4) is 0 Å². The molecule has 1 atom stereocenters. The van der Waals surface area contributed by atoms with Crippen LogP contribution >= 0.6 is 0 Å². The van der Waals surface area contributed by atoms with Crippen molar-refractivity contribution in [2.45, 2.75) is 46.1 Å². The van der Waals surface area contributed by atoms with Gasteiger partial charge in [-0.2, -0.15) is 0 Å². The summed E-state index contributed by atoms with van der Waals surface area (Å²) in [6.45, 7) is 7.19. The van der Waals surface area contributed by atoms with Gasteiger partial charge >= 0.3 is 0 Å². The summed E-state index contributed by atoms with van der Waals surface area (Å²) in [4.78, 5) is 14.8. The number of hydrogen-bond donors (Lipinski definition) is 1. The average molecular weight is 345 g/mol. The Bertz CT molecular complexity index is 659. The lowest BCUT2D eigenvalue weighted by atomic mass is 9.97. The molecule has 1 N–H and O–H groups in total. The van der Waals surface area contributed by atoms with Gasteiger partial charge in [-0.25, -0.2) is 0 Å². The van der Waals surface area contributed by atoms with Crippen LogP contribution in [0.1, 0.15) is 42.0 Å². The number of hydrogen-bond acceptors (Lipinski definition) is 5. The summed E-state index contributed by atoms with van der Waals surface area (Å²) in [5.41, 5.74) is 2.11. The second-order valence-corrected chi connectivity index (χ2v) is 6.85. The molecule has 0 saturated carbocycles. The Hall–Kier alpha value is -2.08. The predicted octanol–water partition coefficient (Wildman–Crippen LogP) is 2.85. The lowest BCUT2D eigenvalue weighted by molar-refractivity contribution is -0.126. The van der Waals surface area contributed by atoms with Crippen molar-refractivity contribution in [2.24, 2.45) is 5.92 Å². The first-order valence-electron chi connectivity index (χ1n) is 9.07. The second-order valence-electron chi connectivity index (χ2n) is 6.85. The number of furan rings is 1. The predicted molar refractivity (Wildman–Crippen MR) is 94.0 cm³/mol. The van der Waals surface area contributed by atoms with Gasteiger partial charge in [-0.05, 0) is 58.2 Å². The number of rotatable bonds is 7. The maximum Gasteiger partial charge on any atom is 0.224 e. The fourth-order valence-corrected chi connectivity index (χ4v) is 3.52. The Morgan fingerprint density at radius 1 is 1.44 bits per heavy atom. The zero-order valence-electron chi connectivity index (χ0n) is 15.1. The Labute approximate surface area is 148 Å². The van der Waals surface area contributed by atoms with Gasteiger partial charge in [0.2, 0.25) is 5.91 Å². The first-order valence-corrected chi connectivity index (χ1v) is 9.07. The van der Waals surface area contributed by atoms with Crippen LogP contribution in [0.4, 0.5) is 0 Å². The van der Waals surface area contributed by atoms with Crippen LogP contribution in [0.2, 0.25) is 0 Å². The van der Waals surface area contributed by atoms with Crippen LogP contribution in [-0.4, -0.2) is 35.6 Å². The molecular formula is C19H27N3O3. The van der Waals surface area contributed by atoms with Gasteiger partial charge in [0.15, 0.2) is 0 Å². The van der Waals surface area contributed by atoms with Crippen molar-refractivity contribution < 1.29 is 13.7 Å². The smallest absolute Gasteiger partial charge is 0.224 e. The molecule has 136 valence electrons. The molecule has 6 heteroatoms. The third-order valence-corrected chi connectivity index (χ3v) is 4.92. The molecule has 3 rings (SSSR count). The molecule has 0 bridgehead atoms. The summed E-state index contributed by atoms with van der Waals surface area (Å²) in [6, 6.07) is 3.89. The fraction of sp³-hybridized carbons (Fsp3) is 0.579. The highest BCUT2D eigenvalue weighted by Gasteiger charge is 2.25. The fourth-order valence-electron chi connectivity index (χ4n) is 3.52. The van der Waals surface area contributed by atoms with Gasteiger partial charge in [0.25, 0.3) is 0 Å². The van der Waals surface area contributed by atoms with Crippen molar-refractivity contribution in [3.05, 3.63) is 41.2 Å². The average Bonchev–Trinajstić information content (AvgIpc) is 3.23.